The van der Waals surface area contributed by atoms with E-state index in [0.29, 0.717) is 5.56 Å². The molecule has 43 heavy (non-hydrogen) atoms. The van der Waals surface area contributed by atoms with E-state index in [0.717, 1.165) is 36.0 Å². The van der Waals surface area contributed by atoms with Crippen molar-refractivity contribution in [3.8, 4) is 17.8 Å². The Balaban J connectivity index is 1.26. The van der Waals surface area contributed by atoms with Gasteiger partial charge in [-0.25, -0.2) is 0 Å². The van der Waals surface area contributed by atoms with Crippen LogP contribution in [0.5, 0.6) is 0 Å². The van der Waals surface area contributed by atoms with Gasteiger partial charge in [0.05, 0.1) is 39.8 Å². The van der Waals surface area contributed by atoms with Gasteiger partial charge >= 0.3 is 0 Å². The first-order valence-electron chi connectivity index (χ1n) is 15.1. The molecule has 0 radical (unpaired) electrons. The molecule has 0 amide bonds. The number of rotatable bonds is 3. The summed E-state index contributed by atoms with van der Waals surface area (Å²) in [7, 11) is 0. The van der Waals surface area contributed by atoms with E-state index in [1.807, 2.05) is 18.2 Å². The van der Waals surface area contributed by atoms with Gasteiger partial charge in [-0.15, -0.1) is 0 Å². The lowest BCUT2D eigenvalue weighted by atomic mass is 9.81. The van der Waals surface area contributed by atoms with Gasteiger partial charge in [0.1, 0.15) is 6.07 Å². The molecule has 1 saturated carbocycles. The quantitative estimate of drug-likeness (QED) is 0.211. The van der Waals surface area contributed by atoms with Gasteiger partial charge in [-0.1, -0.05) is 91.0 Å². The van der Waals surface area contributed by atoms with Crippen molar-refractivity contribution in [2.75, 3.05) is 4.90 Å². The second-order valence-corrected chi connectivity index (χ2v) is 12.3. The maximum atomic E-state index is 10.0. The highest BCUT2D eigenvalue weighted by molar-refractivity contribution is 6.10. The van der Waals surface area contributed by atoms with E-state index in [-0.39, 0.29) is 22.9 Å². The van der Waals surface area contributed by atoms with E-state index in [1.165, 1.54) is 33.2 Å². The van der Waals surface area contributed by atoms with Crippen LogP contribution >= 0.6 is 0 Å². The van der Waals surface area contributed by atoms with Crippen molar-refractivity contribution in [2.45, 2.75) is 36.3 Å². The monoisotopic (exact) mass is 552 g/mol. The predicted molar refractivity (Wildman–Crippen MR) is 172 cm³/mol. The minimum absolute atomic E-state index is 0.00237. The third-order valence-electron chi connectivity index (χ3n) is 10.4. The SMILES string of the molecule is N#Cc1ccccc1-n1c2ccccc2c2ccc(C34C=CC=C5c6ccccc6N(C6C=CC(C#N)CC6)C53C4)cc21. The van der Waals surface area contributed by atoms with Crippen LogP contribution in [0.2, 0.25) is 0 Å². The Kier molecular flexibility index (Phi) is 4.86. The Morgan fingerprint density at radius 2 is 1.56 bits per heavy atom. The molecule has 1 spiro atoms. The smallest absolute Gasteiger partial charge is 0.101 e. The Bertz CT molecular complexity index is 2180. The van der Waals surface area contributed by atoms with Crippen LogP contribution in [0.3, 0.4) is 0 Å². The van der Waals surface area contributed by atoms with Gasteiger partial charge in [0.15, 0.2) is 0 Å². The number of benzene rings is 4. The van der Waals surface area contributed by atoms with Gasteiger partial charge in [-0.05, 0) is 60.7 Å². The minimum Gasteiger partial charge on any atom is -0.354 e. The second kappa shape index (κ2) is 8.60. The number of allylic oxidation sites excluding steroid dienone is 3. The third kappa shape index (κ3) is 3.03. The number of nitrogens with zero attached hydrogens (tertiary/aromatic N) is 4. The molecule has 0 saturated heterocycles. The number of hydrogen-bond acceptors (Lipinski definition) is 3. The van der Waals surface area contributed by atoms with Crippen molar-refractivity contribution in [3.05, 3.63) is 138 Å². The summed E-state index contributed by atoms with van der Waals surface area (Å²) < 4.78 is 2.27. The van der Waals surface area contributed by atoms with Crippen LogP contribution in [-0.4, -0.2) is 16.1 Å². The minimum atomic E-state index is -0.180. The fourth-order valence-electron chi connectivity index (χ4n) is 8.50. The number of nitriles is 2. The molecule has 4 aromatic carbocycles. The Morgan fingerprint density at radius 1 is 0.767 bits per heavy atom. The number of aromatic nitrogens is 1. The summed E-state index contributed by atoms with van der Waals surface area (Å²) in [6.45, 7) is 0. The molecule has 4 nitrogen and oxygen atoms in total. The summed E-state index contributed by atoms with van der Waals surface area (Å²) >= 11 is 0. The molecule has 1 fully saturated rings. The van der Waals surface area contributed by atoms with Crippen LogP contribution in [0.15, 0.2) is 121 Å². The van der Waals surface area contributed by atoms with E-state index < -0.39 is 0 Å². The van der Waals surface area contributed by atoms with Gasteiger partial charge in [-0.2, -0.15) is 10.5 Å². The van der Waals surface area contributed by atoms with E-state index in [4.69, 9.17) is 0 Å². The molecule has 9 rings (SSSR count). The maximum absolute atomic E-state index is 10.0. The molecule has 204 valence electrons. The zero-order chi connectivity index (χ0) is 28.8. The van der Waals surface area contributed by atoms with Crippen LogP contribution in [-0.2, 0) is 5.41 Å². The summed E-state index contributed by atoms with van der Waals surface area (Å²) in [5, 5.41) is 22.0. The lowest BCUT2D eigenvalue weighted by Crippen LogP contribution is -2.47. The third-order valence-corrected chi connectivity index (χ3v) is 10.4. The van der Waals surface area contributed by atoms with Gasteiger partial charge in [-0.3, -0.25) is 0 Å². The van der Waals surface area contributed by atoms with Crippen molar-refractivity contribution in [1.29, 1.82) is 10.5 Å². The van der Waals surface area contributed by atoms with Crippen molar-refractivity contribution in [2.24, 2.45) is 5.92 Å². The van der Waals surface area contributed by atoms with Crippen LogP contribution in [0, 0.1) is 28.6 Å². The average molecular weight is 553 g/mol. The Morgan fingerprint density at radius 3 is 2.40 bits per heavy atom. The summed E-state index contributed by atoms with van der Waals surface area (Å²) in [6.07, 6.45) is 14.3. The van der Waals surface area contributed by atoms with Crippen LogP contribution in [0.25, 0.3) is 33.1 Å². The van der Waals surface area contributed by atoms with Gasteiger partial charge in [0.2, 0.25) is 0 Å². The van der Waals surface area contributed by atoms with E-state index in [9.17, 15) is 10.5 Å². The lowest BCUT2D eigenvalue weighted by Gasteiger charge is -2.40. The normalized spacial score (nSPS) is 26.4. The Labute approximate surface area is 250 Å². The van der Waals surface area contributed by atoms with E-state index >= 15 is 0 Å². The molecular weight excluding hydrogens is 524 g/mol. The average Bonchev–Trinajstić information content (AvgIpc) is 3.55. The molecule has 4 heteroatoms. The first-order chi connectivity index (χ1) is 21.2. The largest absolute Gasteiger partial charge is 0.354 e. The molecule has 3 aliphatic carbocycles. The van der Waals surface area contributed by atoms with Gasteiger partial charge in [0, 0.05) is 33.5 Å². The summed E-state index contributed by atoms with van der Waals surface area (Å²) in [6, 6.07) is 37.4. The van der Waals surface area contributed by atoms with Crippen molar-refractivity contribution < 1.29 is 0 Å². The first-order valence-corrected chi connectivity index (χ1v) is 15.1. The standard InChI is InChI=1S/C39H28N4/c40-23-26-15-18-29(19-16-26)43-36-14-6-3-10-32(36)33-11-7-21-38(25-39(33,38)43)28-17-20-31-30-9-2-5-13-35(30)42(37(31)22-28)34-12-4-1-8-27(34)24-41/h1-15,17-18,20-22,26,29H,16,19,25H2. The second-order valence-electron chi connectivity index (χ2n) is 12.3. The molecule has 4 atom stereocenters. The highest BCUT2D eigenvalue weighted by Gasteiger charge is 2.75. The van der Waals surface area contributed by atoms with Crippen molar-refractivity contribution in [1.82, 2.24) is 4.57 Å². The van der Waals surface area contributed by atoms with Crippen molar-refractivity contribution >= 4 is 33.1 Å². The molecule has 4 unspecified atom stereocenters. The van der Waals surface area contributed by atoms with Gasteiger partial charge in [0.25, 0.3) is 0 Å². The van der Waals surface area contributed by atoms with Gasteiger partial charge < -0.3 is 9.47 Å². The zero-order valence-electron chi connectivity index (χ0n) is 23.6. The van der Waals surface area contributed by atoms with Crippen LogP contribution < -0.4 is 4.90 Å². The molecule has 2 heterocycles. The highest BCUT2D eigenvalue weighted by atomic mass is 15.3. The molecule has 0 bridgehead atoms. The number of fused-ring (bicyclic) bond motifs is 5. The number of anilines is 1. The maximum Gasteiger partial charge on any atom is 0.101 e. The molecule has 1 aliphatic heterocycles. The van der Waals surface area contributed by atoms with Crippen molar-refractivity contribution in [3.63, 3.8) is 0 Å². The zero-order valence-corrected chi connectivity index (χ0v) is 23.6. The molecule has 1 aromatic heterocycles. The topological polar surface area (TPSA) is 55.8 Å². The summed E-state index contributed by atoms with van der Waals surface area (Å²) in [5.74, 6) is -0.00237. The van der Waals surface area contributed by atoms with Crippen LogP contribution in [0.4, 0.5) is 5.69 Å². The molecule has 0 N–H and O–H groups in total. The molecular formula is C39H28N4. The first kappa shape index (κ1) is 24.3. The van der Waals surface area contributed by atoms with E-state index in [2.05, 4.69) is 125 Å². The number of para-hydroxylation sites is 3. The lowest BCUT2D eigenvalue weighted by molar-refractivity contribution is 0.511. The summed E-state index contributed by atoms with van der Waals surface area (Å²) in [5.41, 5.74) is 8.76. The molecule has 4 aliphatic rings. The fraction of sp³-hybridized carbons (Fsp3) is 0.179. The van der Waals surface area contributed by atoms with Crippen LogP contribution in [0.1, 0.15) is 36.0 Å². The highest BCUT2D eigenvalue weighted by Crippen LogP contribution is 2.74. The fourth-order valence-corrected chi connectivity index (χ4v) is 8.50. The molecule has 5 aromatic rings. The predicted octanol–water partition coefficient (Wildman–Crippen LogP) is 8.37. The Hall–Kier alpha value is -5.32. The number of hydrogen-bond donors (Lipinski definition) is 0. The summed E-state index contributed by atoms with van der Waals surface area (Å²) in [4.78, 5) is 2.69. The van der Waals surface area contributed by atoms with E-state index in [1.54, 1.807) is 0 Å².